The first-order valence-corrected chi connectivity index (χ1v) is 39.5. The second-order valence-corrected chi connectivity index (χ2v) is 31.2. The highest BCUT2D eigenvalue weighted by molar-refractivity contribution is 6.40. The zero-order chi connectivity index (χ0) is 85.5. The molecule has 0 bridgehead atoms. The van der Waals surface area contributed by atoms with Gasteiger partial charge in [-0.2, -0.15) is 15.3 Å². The van der Waals surface area contributed by atoms with Gasteiger partial charge in [0.05, 0.1) is 141 Å². The van der Waals surface area contributed by atoms with Crippen LogP contribution in [0.5, 0.6) is 0 Å². The Hall–Kier alpha value is -9.61. The number of nitrogens with one attached hydrogen (secondary N) is 2. The summed E-state index contributed by atoms with van der Waals surface area (Å²) in [4.78, 5) is 115. The normalized spacial score (nSPS) is 17.7. The van der Waals surface area contributed by atoms with Crippen LogP contribution < -0.4 is 11.0 Å². The highest BCUT2D eigenvalue weighted by atomic mass is 35.5. The predicted octanol–water partition coefficient (Wildman–Crippen LogP) is 15.4. The first-order valence-electron chi connectivity index (χ1n) is 37.2. The molecule has 0 radical (unpaired) electrons. The molecule has 26 nitrogen and oxygen atoms in total. The summed E-state index contributed by atoms with van der Waals surface area (Å²) in [6.45, 7) is 3.54. The van der Waals surface area contributed by atoms with Gasteiger partial charge >= 0.3 is 5.97 Å². The topological polar surface area (TPSA) is 325 Å². The summed E-state index contributed by atoms with van der Waals surface area (Å²) in [5.41, 5.74) is 8.12. The van der Waals surface area contributed by atoms with Crippen LogP contribution in [-0.4, -0.2) is 149 Å². The van der Waals surface area contributed by atoms with E-state index in [0.29, 0.717) is 94.1 Å². The minimum Gasteiger partial charge on any atom is -0.481 e. The molecule has 3 saturated carbocycles. The average Bonchev–Trinajstić information content (AvgIpc) is 1.64. The Bertz CT molecular complexity index is 5020. The zero-order valence-electron chi connectivity index (χ0n) is 64.2. The van der Waals surface area contributed by atoms with E-state index < -0.39 is 89.0 Å². The molecule has 6 aromatic heterocycles. The number of rotatable bonds is 26. The van der Waals surface area contributed by atoms with Crippen molar-refractivity contribution in [2.75, 3.05) is 33.9 Å². The number of hydroxylamine groups is 2. The lowest BCUT2D eigenvalue weighted by molar-refractivity contribution is -0.143. The number of hydrogen-bond donors (Lipinski definition) is 5. The van der Waals surface area contributed by atoms with Crippen LogP contribution in [0.25, 0.3) is 0 Å². The number of halogens is 12. The lowest BCUT2D eigenvalue weighted by Crippen LogP contribution is -2.36. The van der Waals surface area contributed by atoms with E-state index in [1.54, 1.807) is 34.8 Å². The summed E-state index contributed by atoms with van der Waals surface area (Å²) in [6, 6.07) is 8.73. The van der Waals surface area contributed by atoms with E-state index in [4.69, 9.17) is 79.3 Å². The molecule has 118 heavy (non-hydrogen) atoms. The van der Waals surface area contributed by atoms with Gasteiger partial charge in [0.2, 0.25) is 11.8 Å². The number of carboxylic acids is 1. The van der Waals surface area contributed by atoms with Crippen LogP contribution in [0.3, 0.4) is 0 Å². The molecule has 5 N–H and O–H groups in total. The largest absolute Gasteiger partial charge is 0.481 e. The van der Waals surface area contributed by atoms with Crippen molar-refractivity contribution in [3.8, 4) is 0 Å². The molecule has 0 saturated heterocycles. The highest BCUT2D eigenvalue weighted by Crippen LogP contribution is 2.39. The molecule has 3 aromatic carbocycles. The number of amides is 5. The number of carboxylic acid groups (broad SMARTS) is 1. The van der Waals surface area contributed by atoms with Crippen LogP contribution in [-0.2, 0) is 43.7 Å². The Labute approximate surface area is 703 Å². The lowest BCUT2D eigenvalue weighted by Gasteiger charge is -2.29. The van der Waals surface area contributed by atoms with Gasteiger partial charge in [0.1, 0.15) is 34.9 Å². The number of aliphatic hydroxyl groups is 2. The molecule has 3 fully saturated rings. The van der Waals surface area contributed by atoms with Gasteiger partial charge in [0.25, 0.3) is 17.7 Å². The number of pyridine rings is 3. The number of benzene rings is 3. The van der Waals surface area contributed by atoms with Crippen LogP contribution in [0.1, 0.15) is 194 Å². The molecule has 628 valence electrons. The number of aromatic nitrogens is 9. The monoisotopic (exact) mass is 1750 g/mol. The molecule has 0 spiro atoms. The predicted molar refractivity (Wildman–Crippen MR) is 422 cm³/mol. The third-order valence-electron chi connectivity index (χ3n) is 20.9. The van der Waals surface area contributed by atoms with Crippen molar-refractivity contribution in [2.45, 2.75) is 148 Å². The molecule has 5 amide bonds. The molecule has 3 aliphatic rings. The van der Waals surface area contributed by atoms with Crippen molar-refractivity contribution < 1.29 is 84.9 Å². The summed E-state index contributed by atoms with van der Waals surface area (Å²) >= 11 is 37.1. The van der Waals surface area contributed by atoms with E-state index in [1.165, 1.54) is 84.7 Å². The van der Waals surface area contributed by atoms with Crippen LogP contribution in [0.15, 0.2) is 110 Å². The summed E-state index contributed by atoms with van der Waals surface area (Å²) < 4.78 is 88.8. The number of nitrogens with zero attached hydrogens (tertiary/aromatic N) is 12. The number of Topliss-reactive ketones (excluding diaryl/α,β-unsaturated/α-hetero) is 1. The van der Waals surface area contributed by atoms with Crippen LogP contribution >= 0.6 is 69.6 Å². The highest BCUT2D eigenvalue weighted by Gasteiger charge is 2.36. The molecular weight excluding hydrogens is 1680 g/mol. The number of ketones is 1. The van der Waals surface area contributed by atoms with E-state index >= 15 is 0 Å². The van der Waals surface area contributed by atoms with E-state index in [-0.39, 0.29) is 155 Å². The first-order chi connectivity index (χ1) is 56.2. The Morgan fingerprint density at radius 3 is 0.983 bits per heavy atom. The fourth-order valence-electron chi connectivity index (χ4n) is 15.0. The maximum Gasteiger partial charge on any atom is 0.306 e. The zero-order valence-corrected chi connectivity index (χ0v) is 68.7. The molecule has 12 rings (SSSR count). The summed E-state index contributed by atoms with van der Waals surface area (Å²) in [6.07, 6.45) is 16.9. The second kappa shape index (κ2) is 41.4. The minimum absolute atomic E-state index is 0.0109. The number of carbonyl (C=O) groups excluding carboxylic acids is 6. The number of carbonyl (C=O) groups is 7. The van der Waals surface area contributed by atoms with Gasteiger partial charge in [-0.25, -0.2) is 37.3 Å². The second-order valence-electron chi connectivity index (χ2n) is 28.8. The van der Waals surface area contributed by atoms with Gasteiger partial charge in [0.15, 0.2) is 5.78 Å². The van der Waals surface area contributed by atoms with Crippen LogP contribution in [0.2, 0.25) is 30.1 Å². The SMILES string of the molecule is CONC(=O)C1CCC(n2ncc(C(=O)N(CC(=O)c3c(Cl)cncc3Cl)Cc3cc(F)cc(F)c3)c2C)CC1.CONC(=O)C1CCC(n2ncc(C(=O)N(Cc3cc(F)cc(F)c3)CC(O)c3c(Cl)cncc3Cl)c2C)CC1.Cc1c(C(=O)N(Cc2cc(F)cc(F)c2)CC(O)c2c(Cl)cncc2Cl)cnn1C1CCC(C(=O)O)CC1. The third-order valence-corrected chi connectivity index (χ3v) is 22.7. The van der Waals surface area contributed by atoms with Crippen molar-refractivity contribution in [2.24, 2.45) is 17.8 Å². The van der Waals surface area contributed by atoms with Gasteiger partial charge in [0, 0.05) is 115 Å². The van der Waals surface area contributed by atoms with E-state index in [0.717, 1.165) is 54.6 Å². The fraction of sp³-hybridized carbons (Fsp3) is 0.388. The van der Waals surface area contributed by atoms with Gasteiger partial charge in [-0.3, -0.25) is 72.2 Å². The molecular formula is C80H82Cl6F6N14O12. The fourth-order valence-corrected chi connectivity index (χ4v) is 16.8. The average molecular weight is 1760 g/mol. The van der Waals surface area contributed by atoms with E-state index in [1.807, 2.05) is 0 Å². The minimum atomic E-state index is -1.32. The summed E-state index contributed by atoms with van der Waals surface area (Å²) in [5.74, 6) is -8.81. The van der Waals surface area contributed by atoms with E-state index in [2.05, 4.69) is 41.2 Å². The van der Waals surface area contributed by atoms with Gasteiger partial charge in [-0.15, -0.1) is 0 Å². The quantitative estimate of drug-likeness (QED) is 0.0191. The molecule has 2 atom stereocenters. The summed E-state index contributed by atoms with van der Waals surface area (Å²) in [7, 11) is 2.78. The Morgan fingerprint density at radius 1 is 0.424 bits per heavy atom. The van der Waals surface area contributed by atoms with E-state index in [9.17, 15) is 75.2 Å². The van der Waals surface area contributed by atoms with Crippen molar-refractivity contribution >= 4 is 111 Å². The molecule has 2 unspecified atom stereocenters. The van der Waals surface area contributed by atoms with Crippen LogP contribution in [0, 0.1) is 73.4 Å². The van der Waals surface area contributed by atoms with Gasteiger partial charge in [-0.05, 0) is 151 Å². The van der Waals surface area contributed by atoms with Crippen molar-refractivity contribution in [3.63, 3.8) is 0 Å². The Balaban J connectivity index is 0.000000186. The van der Waals surface area contributed by atoms with Gasteiger partial charge < -0.3 is 30.0 Å². The Kier molecular flexibility index (Phi) is 31.8. The maximum atomic E-state index is 13.9. The molecule has 3 aliphatic carbocycles. The maximum absolute atomic E-state index is 13.9. The lowest BCUT2D eigenvalue weighted by atomic mass is 9.85. The van der Waals surface area contributed by atoms with Crippen molar-refractivity contribution in [3.05, 3.63) is 243 Å². The Morgan fingerprint density at radius 2 is 0.695 bits per heavy atom. The number of hydrogen-bond acceptors (Lipinski definition) is 17. The number of aliphatic carboxylic acids is 1. The molecule has 38 heteroatoms. The van der Waals surface area contributed by atoms with Crippen LogP contribution in [0.4, 0.5) is 26.3 Å². The molecule has 6 heterocycles. The smallest absolute Gasteiger partial charge is 0.306 e. The first kappa shape index (κ1) is 90.7. The summed E-state index contributed by atoms with van der Waals surface area (Å²) in [5, 5.41) is 45.0. The van der Waals surface area contributed by atoms with Crippen molar-refractivity contribution in [1.29, 1.82) is 0 Å². The molecule has 9 aromatic rings. The molecule has 0 aliphatic heterocycles. The van der Waals surface area contributed by atoms with Crippen molar-refractivity contribution in [1.82, 2.24) is 70.0 Å². The van der Waals surface area contributed by atoms with Gasteiger partial charge in [-0.1, -0.05) is 69.6 Å². The number of aliphatic hydroxyl groups excluding tert-OH is 2. The third kappa shape index (κ3) is 22.9. The standard InChI is InChI=1S/C27H29Cl2F2N5O4.C27H27Cl2F2N5O4.C26H26Cl2F2N4O4/c2*1-15-21(10-33-36(15)20-5-3-17(4-6-20)26(38)34-40-2)27(39)35(13-16-7-18(30)9-19(31)8-16)14-24(37)25-22(28)11-32-12-23(25)29;1-14-20(9-32-34(14)19-4-2-16(3-5-19)26(37)38)25(36)33(12-15-6-17(29)8-18(30)7-15)13-23(35)24-21(27)10-31-11-22(24)28/h7-12,17,20,24,37H,3-6,13-14H2,1-2H3,(H,34,38);7-12,17,20H,3-6,13-14H2,1-2H3,(H,34,38);6-11,16,19,23,35H,2-5,12-13H2,1H3,(H,37,38).